The van der Waals surface area contributed by atoms with Crippen molar-refractivity contribution in [2.75, 3.05) is 31.1 Å². The normalized spacial score (nSPS) is 15.0. The molecule has 0 saturated carbocycles. The van der Waals surface area contributed by atoms with Crippen LogP contribution in [0.3, 0.4) is 0 Å². The molecule has 2 heterocycles. The molecule has 0 aliphatic carbocycles. The predicted octanol–water partition coefficient (Wildman–Crippen LogP) is 3.24. The molecule has 0 radical (unpaired) electrons. The summed E-state index contributed by atoms with van der Waals surface area (Å²) in [6.07, 6.45) is 2.00. The number of benzene rings is 2. The summed E-state index contributed by atoms with van der Waals surface area (Å²) >= 11 is 0. The van der Waals surface area contributed by atoms with E-state index >= 15 is 0 Å². The van der Waals surface area contributed by atoms with Crippen LogP contribution in [-0.2, 0) is 4.79 Å². The van der Waals surface area contributed by atoms with E-state index in [4.69, 9.17) is 9.15 Å². The first kappa shape index (κ1) is 17.4. The summed E-state index contributed by atoms with van der Waals surface area (Å²) in [5.74, 6) is 1.09. The number of carbonyl (C=O) groups is 1. The predicted molar refractivity (Wildman–Crippen MR) is 104 cm³/mol. The maximum atomic E-state index is 12.0. The number of aromatic nitrogens is 1. The molecule has 0 unspecified atom stereocenters. The highest BCUT2D eigenvalue weighted by Gasteiger charge is 2.23. The number of amides is 1. The van der Waals surface area contributed by atoms with E-state index in [1.807, 2.05) is 54.6 Å². The second-order valence-electron chi connectivity index (χ2n) is 6.80. The number of hydrogen-bond acceptors (Lipinski definition) is 5. The molecule has 1 fully saturated rings. The van der Waals surface area contributed by atoms with E-state index in [0.717, 1.165) is 37.0 Å². The maximum absolute atomic E-state index is 12.0. The molecule has 1 aliphatic heterocycles. The van der Waals surface area contributed by atoms with Gasteiger partial charge in [0.05, 0.1) is 0 Å². The molecule has 1 saturated heterocycles. The molecule has 1 amide bonds. The molecule has 0 spiro atoms. The van der Waals surface area contributed by atoms with Crippen LogP contribution in [0.5, 0.6) is 5.75 Å². The maximum Gasteiger partial charge on any atom is 0.298 e. The molecule has 3 aromatic rings. The van der Waals surface area contributed by atoms with Gasteiger partial charge in [-0.05, 0) is 43.0 Å². The van der Waals surface area contributed by atoms with Crippen molar-refractivity contribution in [2.45, 2.75) is 12.8 Å². The highest BCUT2D eigenvalue weighted by molar-refractivity contribution is 5.77. The van der Waals surface area contributed by atoms with Gasteiger partial charge in [-0.2, -0.15) is 4.98 Å². The first-order chi connectivity index (χ1) is 13.3. The van der Waals surface area contributed by atoms with E-state index in [2.05, 4.69) is 15.2 Å². The monoisotopic (exact) mass is 365 g/mol. The Hall–Kier alpha value is -3.02. The lowest BCUT2D eigenvalue weighted by atomic mass is 9.97. The summed E-state index contributed by atoms with van der Waals surface area (Å²) in [5, 5.41) is 2.98. The van der Waals surface area contributed by atoms with Gasteiger partial charge in [-0.3, -0.25) is 4.79 Å². The summed E-state index contributed by atoms with van der Waals surface area (Å²) in [6.45, 7) is 2.49. The summed E-state index contributed by atoms with van der Waals surface area (Å²) in [5.41, 5.74) is 1.71. The Morgan fingerprint density at radius 2 is 1.85 bits per heavy atom. The van der Waals surface area contributed by atoms with E-state index in [1.165, 1.54) is 0 Å². The quantitative estimate of drug-likeness (QED) is 0.726. The minimum absolute atomic E-state index is 0.0474. The Balaban J connectivity index is 1.20. The minimum Gasteiger partial charge on any atom is -0.484 e. The summed E-state index contributed by atoms with van der Waals surface area (Å²) in [6, 6.07) is 17.9. The second kappa shape index (κ2) is 8.12. The minimum atomic E-state index is -0.0831. The van der Waals surface area contributed by atoms with Gasteiger partial charge in [0.25, 0.3) is 11.9 Å². The van der Waals surface area contributed by atoms with E-state index in [9.17, 15) is 4.79 Å². The van der Waals surface area contributed by atoms with Crippen molar-refractivity contribution in [3.8, 4) is 5.75 Å². The number of anilines is 1. The Bertz CT molecular complexity index is 853. The third-order valence-corrected chi connectivity index (χ3v) is 4.87. The number of para-hydroxylation sites is 3. The fourth-order valence-corrected chi connectivity index (χ4v) is 3.30. The van der Waals surface area contributed by atoms with Crippen molar-refractivity contribution in [2.24, 2.45) is 5.92 Å². The topological polar surface area (TPSA) is 67.6 Å². The summed E-state index contributed by atoms with van der Waals surface area (Å²) in [7, 11) is 0. The van der Waals surface area contributed by atoms with Crippen molar-refractivity contribution in [3.05, 3.63) is 54.6 Å². The fourth-order valence-electron chi connectivity index (χ4n) is 3.30. The average Bonchev–Trinajstić information content (AvgIpc) is 3.16. The number of carbonyl (C=O) groups excluding carboxylic acids is 1. The van der Waals surface area contributed by atoms with Crippen molar-refractivity contribution >= 4 is 23.0 Å². The van der Waals surface area contributed by atoms with Gasteiger partial charge in [0, 0.05) is 19.6 Å². The molecule has 6 heteroatoms. The van der Waals surface area contributed by atoms with E-state index < -0.39 is 0 Å². The molecule has 1 aliphatic rings. The van der Waals surface area contributed by atoms with Gasteiger partial charge in [0.2, 0.25) is 0 Å². The Morgan fingerprint density at radius 1 is 1.11 bits per heavy atom. The van der Waals surface area contributed by atoms with Crippen LogP contribution in [0, 0.1) is 5.92 Å². The Morgan fingerprint density at radius 3 is 2.63 bits per heavy atom. The number of hydrogen-bond donors (Lipinski definition) is 1. The summed E-state index contributed by atoms with van der Waals surface area (Å²) in [4.78, 5) is 18.7. The van der Waals surface area contributed by atoms with Crippen LogP contribution in [0.2, 0.25) is 0 Å². The molecular weight excluding hydrogens is 342 g/mol. The van der Waals surface area contributed by atoms with E-state index in [0.29, 0.717) is 24.2 Å². The SMILES string of the molecule is O=C(COc1ccccc1)NCC1CCN(c2nc3ccccc3o2)CC1. The van der Waals surface area contributed by atoms with Crippen LogP contribution in [0.4, 0.5) is 6.01 Å². The number of fused-ring (bicyclic) bond motifs is 1. The molecule has 1 N–H and O–H groups in total. The molecule has 4 rings (SSSR count). The Labute approximate surface area is 158 Å². The lowest BCUT2D eigenvalue weighted by Crippen LogP contribution is -2.39. The zero-order chi connectivity index (χ0) is 18.5. The largest absolute Gasteiger partial charge is 0.484 e. The number of oxazole rings is 1. The molecule has 0 atom stereocenters. The van der Waals surface area contributed by atoms with Crippen LogP contribution in [0.1, 0.15) is 12.8 Å². The Kier molecular flexibility index (Phi) is 5.23. The van der Waals surface area contributed by atoms with Crippen LogP contribution < -0.4 is 15.0 Å². The van der Waals surface area contributed by atoms with Gasteiger partial charge in [-0.1, -0.05) is 30.3 Å². The van der Waals surface area contributed by atoms with Gasteiger partial charge in [-0.25, -0.2) is 0 Å². The molecule has 1 aromatic heterocycles. The van der Waals surface area contributed by atoms with Gasteiger partial charge < -0.3 is 19.4 Å². The number of nitrogens with zero attached hydrogens (tertiary/aromatic N) is 2. The molecule has 0 bridgehead atoms. The molecule has 6 nitrogen and oxygen atoms in total. The van der Waals surface area contributed by atoms with Crippen LogP contribution in [0.25, 0.3) is 11.1 Å². The van der Waals surface area contributed by atoms with Crippen molar-refractivity contribution in [1.82, 2.24) is 10.3 Å². The zero-order valence-electron chi connectivity index (χ0n) is 15.1. The first-order valence-corrected chi connectivity index (χ1v) is 9.33. The third kappa shape index (κ3) is 4.39. The van der Waals surface area contributed by atoms with Gasteiger partial charge in [-0.15, -0.1) is 0 Å². The average molecular weight is 365 g/mol. The number of nitrogens with one attached hydrogen (secondary N) is 1. The zero-order valence-corrected chi connectivity index (χ0v) is 15.1. The van der Waals surface area contributed by atoms with Gasteiger partial charge in [0.15, 0.2) is 12.2 Å². The molecular formula is C21H23N3O3. The fraction of sp³-hybridized carbons (Fsp3) is 0.333. The standard InChI is InChI=1S/C21H23N3O3/c25-20(15-26-17-6-2-1-3-7-17)22-14-16-10-12-24(13-11-16)21-23-18-8-4-5-9-19(18)27-21/h1-9,16H,10-15H2,(H,22,25). The highest BCUT2D eigenvalue weighted by Crippen LogP contribution is 2.26. The van der Waals surface area contributed by atoms with Crippen molar-refractivity contribution in [3.63, 3.8) is 0 Å². The van der Waals surface area contributed by atoms with E-state index in [1.54, 1.807) is 0 Å². The van der Waals surface area contributed by atoms with Gasteiger partial charge in [0.1, 0.15) is 11.3 Å². The molecule has 140 valence electrons. The summed E-state index contributed by atoms with van der Waals surface area (Å²) < 4.78 is 11.3. The van der Waals surface area contributed by atoms with Crippen LogP contribution in [-0.4, -0.2) is 37.1 Å². The van der Waals surface area contributed by atoms with Gasteiger partial charge >= 0.3 is 0 Å². The number of piperidine rings is 1. The van der Waals surface area contributed by atoms with Crippen molar-refractivity contribution in [1.29, 1.82) is 0 Å². The van der Waals surface area contributed by atoms with E-state index in [-0.39, 0.29) is 12.5 Å². The number of rotatable bonds is 6. The first-order valence-electron chi connectivity index (χ1n) is 9.33. The van der Waals surface area contributed by atoms with Crippen molar-refractivity contribution < 1.29 is 13.9 Å². The highest BCUT2D eigenvalue weighted by atomic mass is 16.5. The number of ether oxygens (including phenoxy) is 1. The third-order valence-electron chi connectivity index (χ3n) is 4.87. The molecule has 2 aromatic carbocycles. The lowest BCUT2D eigenvalue weighted by molar-refractivity contribution is -0.123. The second-order valence-corrected chi connectivity index (χ2v) is 6.80. The lowest BCUT2D eigenvalue weighted by Gasteiger charge is -2.30. The van der Waals surface area contributed by atoms with Crippen LogP contribution in [0.15, 0.2) is 59.0 Å². The molecule has 27 heavy (non-hydrogen) atoms. The smallest absolute Gasteiger partial charge is 0.298 e. The van der Waals surface area contributed by atoms with Crippen LogP contribution >= 0.6 is 0 Å².